The Morgan fingerprint density at radius 1 is 1.36 bits per heavy atom. The molecule has 0 radical (unpaired) electrons. The lowest BCUT2D eigenvalue weighted by Gasteiger charge is -2.17. The van der Waals surface area contributed by atoms with Gasteiger partial charge in [0.2, 0.25) is 0 Å². The van der Waals surface area contributed by atoms with E-state index in [1.165, 1.54) is 4.68 Å². The predicted molar refractivity (Wildman–Crippen MR) is 94.1 cm³/mol. The molecular weight excluding hydrogens is 322 g/mol. The van der Waals surface area contributed by atoms with Crippen molar-refractivity contribution in [1.82, 2.24) is 19.7 Å². The van der Waals surface area contributed by atoms with Gasteiger partial charge in [-0.3, -0.25) is 4.57 Å². The molecular formula is C17H23N5O3. The highest BCUT2D eigenvalue weighted by Gasteiger charge is 2.21. The summed E-state index contributed by atoms with van der Waals surface area (Å²) >= 11 is 0. The maximum atomic E-state index is 12.3. The summed E-state index contributed by atoms with van der Waals surface area (Å²) in [4.78, 5) is 24.3. The van der Waals surface area contributed by atoms with Gasteiger partial charge in [0.25, 0.3) is 0 Å². The van der Waals surface area contributed by atoms with Gasteiger partial charge in [-0.05, 0) is 37.5 Å². The summed E-state index contributed by atoms with van der Waals surface area (Å²) in [5.41, 5.74) is 1.56. The number of benzene rings is 1. The van der Waals surface area contributed by atoms with E-state index in [1.54, 1.807) is 18.7 Å². The second-order valence-corrected chi connectivity index (χ2v) is 6.30. The lowest BCUT2D eigenvalue weighted by atomic mass is 10.1. The highest BCUT2D eigenvalue weighted by molar-refractivity contribution is 5.91. The molecule has 8 heteroatoms. The van der Waals surface area contributed by atoms with Crippen molar-refractivity contribution < 1.29 is 9.53 Å². The quantitative estimate of drug-likeness (QED) is 0.880. The average molecular weight is 345 g/mol. The first-order valence-corrected chi connectivity index (χ1v) is 8.33. The second kappa shape index (κ2) is 7.00. The summed E-state index contributed by atoms with van der Waals surface area (Å²) in [7, 11) is 3.23. The van der Waals surface area contributed by atoms with Gasteiger partial charge in [0.05, 0.1) is 12.8 Å². The highest BCUT2D eigenvalue weighted by Crippen LogP contribution is 2.25. The first-order valence-electron chi connectivity index (χ1n) is 8.33. The normalized spacial score (nSPS) is 16.7. The zero-order valence-corrected chi connectivity index (χ0v) is 14.7. The molecule has 2 aromatic rings. The number of hydrogen-bond donors (Lipinski definition) is 2. The molecule has 0 fully saturated rings. The molecule has 0 bridgehead atoms. The van der Waals surface area contributed by atoms with E-state index in [0.717, 1.165) is 17.8 Å². The van der Waals surface area contributed by atoms with Gasteiger partial charge in [-0.15, -0.1) is 0 Å². The fourth-order valence-electron chi connectivity index (χ4n) is 3.10. The fraction of sp³-hybridized carbons (Fsp3) is 0.471. The second-order valence-electron chi connectivity index (χ2n) is 6.30. The van der Waals surface area contributed by atoms with Gasteiger partial charge in [-0.25, -0.2) is 14.3 Å². The summed E-state index contributed by atoms with van der Waals surface area (Å²) in [6.07, 6.45) is 2.10. The standard InChI is InChI=1S/C17H23N5O3/c1-11-4-6-14(25-3)13(10-11)19-16(23)18-12-5-7-15-20-21(2)17(24)22(15)9-8-12/h4,6,10,12H,5,7-9H2,1-3H3,(H2,18,19,23). The molecule has 2 N–H and O–H groups in total. The molecule has 8 nitrogen and oxygen atoms in total. The van der Waals surface area contributed by atoms with E-state index in [9.17, 15) is 9.59 Å². The minimum Gasteiger partial charge on any atom is -0.495 e. The fourth-order valence-corrected chi connectivity index (χ4v) is 3.10. The monoisotopic (exact) mass is 345 g/mol. The molecule has 0 aliphatic carbocycles. The molecule has 1 aromatic heterocycles. The zero-order valence-electron chi connectivity index (χ0n) is 14.7. The molecule has 1 aliphatic rings. The first kappa shape index (κ1) is 17.1. The van der Waals surface area contributed by atoms with Crippen LogP contribution in [0.25, 0.3) is 0 Å². The maximum absolute atomic E-state index is 12.3. The number of methoxy groups -OCH3 is 1. The van der Waals surface area contributed by atoms with Crippen LogP contribution in [-0.4, -0.2) is 33.5 Å². The molecule has 1 aliphatic heterocycles. The third-order valence-corrected chi connectivity index (χ3v) is 4.44. The van der Waals surface area contributed by atoms with E-state index < -0.39 is 0 Å². The van der Waals surface area contributed by atoms with Crippen LogP contribution in [0.5, 0.6) is 5.75 Å². The zero-order chi connectivity index (χ0) is 18.0. The Labute approximate surface area is 145 Å². The third kappa shape index (κ3) is 3.67. The predicted octanol–water partition coefficient (Wildman–Crippen LogP) is 1.43. The lowest BCUT2D eigenvalue weighted by Crippen LogP contribution is -2.38. The number of nitrogens with one attached hydrogen (secondary N) is 2. The van der Waals surface area contributed by atoms with Gasteiger partial charge in [0.1, 0.15) is 11.6 Å². The largest absolute Gasteiger partial charge is 0.495 e. The molecule has 3 rings (SSSR count). The molecule has 0 saturated carbocycles. The number of amides is 2. The molecule has 25 heavy (non-hydrogen) atoms. The molecule has 0 saturated heterocycles. The summed E-state index contributed by atoms with van der Waals surface area (Å²) in [5, 5.41) is 10.1. The van der Waals surface area contributed by atoms with Crippen molar-refractivity contribution in [2.75, 3.05) is 12.4 Å². The van der Waals surface area contributed by atoms with Crippen molar-refractivity contribution in [2.24, 2.45) is 7.05 Å². The van der Waals surface area contributed by atoms with Crippen LogP contribution >= 0.6 is 0 Å². The van der Waals surface area contributed by atoms with Crippen molar-refractivity contribution in [2.45, 2.75) is 38.8 Å². The molecule has 1 atom stereocenters. The summed E-state index contributed by atoms with van der Waals surface area (Å²) < 4.78 is 8.32. The smallest absolute Gasteiger partial charge is 0.345 e. The van der Waals surface area contributed by atoms with Gasteiger partial charge < -0.3 is 15.4 Å². The van der Waals surface area contributed by atoms with E-state index in [0.29, 0.717) is 30.8 Å². The van der Waals surface area contributed by atoms with E-state index >= 15 is 0 Å². The van der Waals surface area contributed by atoms with Crippen LogP contribution in [0.4, 0.5) is 10.5 Å². The number of aryl methyl sites for hydroxylation is 3. The molecule has 134 valence electrons. The summed E-state index contributed by atoms with van der Waals surface area (Å²) in [5.74, 6) is 1.39. The topological polar surface area (TPSA) is 90.2 Å². The van der Waals surface area contributed by atoms with Crippen LogP contribution in [0.2, 0.25) is 0 Å². The minimum atomic E-state index is -0.277. The van der Waals surface area contributed by atoms with Gasteiger partial charge >= 0.3 is 11.7 Å². The molecule has 2 heterocycles. The van der Waals surface area contributed by atoms with Crippen LogP contribution in [0.3, 0.4) is 0 Å². The Bertz CT molecular complexity index is 839. The Morgan fingerprint density at radius 3 is 2.92 bits per heavy atom. The highest BCUT2D eigenvalue weighted by atomic mass is 16.5. The van der Waals surface area contributed by atoms with Crippen LogP contribution in [-0.2, 0) is 20.0 Å². The van der Waals surface area contributed by atoms with E-state index in [-0.39, 0.29) is 17.8 Å². The number of rotatable bonds is 3. The van der Waals surface area contributed by atoms with Crippen molar-refractivity contribution in [1.29, 1.82) is 0 Å². The number of carbonyl (C=O) groups excluding carboxylic acids is 1. The van der Waals surface area contributed by atoms with E-state index in [4.69, 9.17) is 4.74 Å². The Morgan fingerprint density at radius 2 is 2.16 bits per heavy atom. The summed E-state index contributed by atoms with van der Waals surface area (Å²) in [6, 6.07) is 5.33. The number of hydrogen-bond acceptors (Lipinski definition) is 4. The van der Waals surface area contributed by atoms with Crippen molar-refractivity contribution in [3.8, 4) is 5.75 Å². The Balaban J connectivity index is 1.63. The van der Waals surface area contributed by atoms with Gasteiger partial charge in [0.15, 0.2) is 0 Å². The number of carbonyl (C=O) groups is 1. The Kier molecular flexibility index (Phi) is 4.78. The van der Waals surface area contributed by atoms with Crippen molar-refractivity contribution in [3.63, 3.8) is 0 Å². The number of anilines is 1. The maximum Gasteiger partial charge on any atom is 0.345 e. The van der Waals surface area contributed by atoms with Crippen LogP contribution < -0.4 is 21.1 Å². The molecule has 1 aromatic carbocycles. The number of nitrogens with zero attached hydrogens (tertiary/aromatic N) is 3. The first-order chi connectivity index (χ1) is 12.0. The van der Waals surface area contributed by atoms with Crippen LogP contribution in [0.15, 0.2) is 23.0 Å². The average Bonchev–Trinajstić information content (AvgIpc) is 2.72. The summed E-state index contributed by atoms with van der Waals surface area (Å²) in [6.45, 7) is 2.51. The lowest BCUT2D eigenvalue weighted by molar-refractivity contribution is 0.246. The van der Waals surface area contributed by atoms with Crippen LogP contribution in [0, 0.1) is 6.92 Å². The number of urea groups is 1. The number of fused-ring (bicyclic) bond motifs is 1. The van der Waals surface area contributed by atoms with Crippen molar-refractivity contribution in [3.05, 3.63) is 40.1 Å². The number of ether oxygens (including phenoxy) is 1. The van der Waals surface area contributed by atoms with Gasteiger partial charge in [0, 0.05) is 26.1 Å². The van der Waals surface area contributed by atoms with E-state index in [1.807, 2.05) is 25.1 Å². The number of aromatic nitrogens is 3. The Hall–Kier alpha value is -2.77. The van der Waals surface area contributed by atoms with Crippen LogP contribution in [0.1, 0.15) is 24.2 Å². The molecule has 1 unspecified atom stereocenters. The SMILES string of the molecule is COc1ccc(C)cc1NC(=O)NC1CCc2nn(C)c(=O)n2CC1. The minimum absolute atomic E-state index is 0.0118. The molecule has 0 spiro atoms. The van der Waals surface area contributed by atoms with Gasteiger partial charge in [-0.2, -0.15) is 5.10 Å². The third-order valence-electron chi connectivity index (χ3n) is 4.44. The molecule has 2 amide bonds. The van der Waals surface area contributed by atoms with Gasteiger partial charge in [-0.1, -0.05) is 6.07 Å². The van der Waals surface area contributed by atoms with E-state index in [2.05, 4.69) is 15.7 Å². The van der Waals surface area contributed by atoms with Crippen molar-refractivity contribution >= 4 is 11.7 Å².